The smallest absolute Gasteiger partial charge is 0.344 e. The van der Waals surface area contributed by atoms with Gasteiger partial charge in [-0.1, -0.05) is 18.2 Å². The number of esters is 1. The Kier molecular flexibility index (Phi) is 3.31. The maximum atomic E-state index is 11.8. The highest BCUT2D eigenvalue weighted by Gasteiger charge is 2.28. The highest BCUT2D eigenvalue weighted by molar-refractivity contribution is 9.15. The molecule has 0 atom stereocenters. The number of nitro benzene ring substituents is 1. The van der Waals surface area contributed by atoms with Gasteiger partial charge in [-0.2, -0.15) is 0 Å². The van der Waals surface area contributed by atoms with Gasteiger partial charge in [0, 0.05) is 17.7 Å². The Labute approximate surface area is 128 Å². The number of hydrogen-bond acceptors (Lipinski definition) is 4. The summed E-state index contributed by atoms with van der Waals surface area (Å²) in [6, 6.07) is 13.1. The van der Waals surface area contributed by atoms with Gasteiger partial charge in [-0.3, -0.25) is 10.1 Å². The van der Waals surface area contributed by atoms with E-state index in [2.05, 4.69) is 15.9 Å². The molecule has 0 unspecified atom stereocenters. The maximum Gasteiger partial charge on any atom is 0.344 e. The third kappa shape index (κ3) is 2.34. The van der Waals surface area contributed by atoms with Crippen LogP contribution in [0.4, 0.5) is 5.69 Å². The number of non-ortho nitro benzene ring substituents is 1. The van der Waals surface area contributed by atoms with Crippen molar-refractivity contribution in [2.45, 2.75) is 0 Å². The summed E-state index contributed by atoms with van der Waals surface area (Å²) in [5, 5.41) is 10.7. The lowest BCUT2D eigenvalue weighted by molar-refractivity contribution is -0.384. The Morgan fingerprint density at radius 1 is 1.05 bits per heavy atom. The second-order valence-electron chi connectivity index (χ2n) is 4.38. The normalized spacial score (nSPS) is 15.4. The maximum absolute atomic E-state index is 11.8. The van der Waals surface area contributed by atoms with Gasteiger partial charge in [0.25, 0.3) is 5.69 Å². The molecule has 6 heteroatoms. The van der Waals surface area contributed by atoms with Gasteiger partial charge >= 0.3 is 5.97 Å². The molecule has 3 rings (SSSR count). The number of fused-ring (bicyclic) bond motifs is 1. The third-order valence-electron chi connectivity index (χ3n) is 3.12. The minimum atomic E-state index is -0.463. The fourth-order valence-corrected chi connectivity index (χ4v) is 2.64. The number of hydrogen-bond donors (Lipinski definition) is 0. The van der Waals surface area contributed by atoms with E-state index >= 15 is 0 Å². The summed E-state index contributed by atoms with van der Waals surface area (Å²) in [5.74, 6) is 0.0175. The molecule has 0 saturated heterocycles. The van der Waals surface area contributed by atoms with Crippen LogP contribution in [0.25, 0.3) is 10.2 Å². The van der Waals surface area contributed by atoms with Crippen LogP contribution in [0.5, 0.6) is 0 Å². The topological polar surface area (TPSA) is 69.4 Å². The third-order valence-corrected chi connectivity index (χ3v) is 3.94. The Morgan fingerprint density at radius 3 is 2.29 bits per heavy atom. The first-order valence-electron chi connectivity index (χ1n) is 6.04. The molecule has 104 valence electrons. The number of nitro groups is 1. The zero-order valence-corrected chi connectivity index (χ0v) is 12.2. The van der Waals surface area contributed by atoms with Gasteiger partial charge in [0.15, 0.2) is 5.76 Å². The van der Waals surface area contributed by atoms with Crippen molar-refractivity contribution in [2.75, 3.05) is 0 Å². The summed E-state index contributed by atoms with van der Waals surface area (Å²) in [4.78, 5) is 22.0. The molecule has 1 aliphatic rings. The molecule has 1 heterocycles. The lowest BCUT2D eigenvalue weighted by Crippen LogP contribution is -1.92. The van der Waals surface area contributed by atoms with E-state index in [9.17, 15) is 14.9 Å². The van der Waals surface area contributed by atoms with Crippen molar-refractivity contribution >= 4 is 37.8 Å². The van der Waals surface area contributed by atoms with E-state index in [1.807, 2.05) is 6.07 Å². The van der Waals surface area contributed by atoms with Gasteiger partial charge in [0.05, 0.1) is 15.0 Å². The highest BCUT2D eigenvalue weighted by Crippen LogP contribution is 2.38. The molecule has 21 heavy (non-hydrogen) atoms. The Balaban J connectivity index is 2.07. The van der Waals surface area contributed by atoms with Crippen LogP contribution in [0.2, 0.25) is 0 Å². The molecule has 0 radical (unpaired) electrons. The first kappa shape index (κ1) is 13.5. The van der Waals surface area contributed by atoms with Gasteiger partial charge in [0.2, 0.25) is 0 Å². The summed E-state index contributed by atoms with van der Waals surface area (Å²) in [7, 11) is 0. The SMILES string of the molecule is O=C1O/C(=C(\Br)c2ccc([N+](=O)[O-])cc2)c2ccccc21. The number of carbonyl (C=O) groups excluding carboxylic acids is 1. The largest absolute Gasteiger partial charge is 0.421 e. The number of halogens is 1. The van der Waals surface area contributed by atoms with Crippen LogP contribution in [-0.4, -0.2) is 10.9 Å². The van der Waals surface area contributed by atoms with E-state index in [-0.39, 0.29) is 5.69 Å². The van der Waals surface area contributed by atoms with E-state index in [1.54, 1.807) is 30.3 Å². The molecule has 0 aliphatic carbocycles. The molecule has 0 saturated carbocycles. The molecular formula is C15H8BrNO4. The predicted octanol–water partition coefficient (Wildman–Crippen LogP) is 3.99. The molecule has 0 amide bonds. The monoisotopic (exact) mass is 345 g/mol. The summed E-state index contributed by atoms with van der Waals surface area (Å²) >= 11 is 3.40. The average molecular weight is 346 g/mol. The summed E-state index contributed by atoms with van der Waals surface area (Å²) in [6.45, 7) is 0. The van der Waals surface area contributed by atoms with Crippen LogP contribution in [-0.2, 0) is 4.74 Å². The minimum Gasteiger partial charge on any atom is -0.421 e. The lowest BCUT2D eigenvalue weighted by Gasteiger charge is -2.04. The quantitative estimate of drug-likeness (QED) is 0.468. The van der Waals surface area contributed by atoms with Crippen LogP contribution in [0, 0.1) is 10.1 Å². The van der Waals surface area contributed by atoms with Crippen molar-refractivity contribution in [1.82, 2.24) is 0 Å². The number of ether oxygens (including phenoxy) is 1. The highest BCUT2D eigenvalue weighted by atomic mass is 79.9. The van der Waals surface area contributed by atoms with Crippen LogP contribution < -0.4 is 0 Å². The van der Waals surface area contributed by atoms with E-state index in [4.69, 9.17) is 4.74 Å². The second kappa shape index (κ2) is 5.14. The van der Waals surface area contributed by atoms with E-state index in [0.29, 0.717) is 26.9 Å². The number of cyclic esters (lactones) is 1. The molecule has 0 aromatic heterocycles. The van der Waals surface area contributed by atoms with E-state index < -0.39 is 10.9 Å². The second-order valence-corrected chi connectivity index (χ2v) is 5.18. The van der Waals surface area contributed by atoms with E-state index in [1.165, 1.54) is 12.1 Å². The molecule has 5 nitrogen and oxygen atoms in total. The molecular weight excluding hydrogens is 338 g/mol. The van der Waals surface area contributed by atoms with Gasteiger partial charge in [-0.15, -0.1) is 0 Å². The molecule has 0 fully saturated rings. The zero-order chi connectivity index (χ0) is 15.0. The van der Waals surface area contributed by atoms with Crippen LogP contribution in [0.15, 0.2) is 48.5 Å². The van der Waals surface area contributed by atoms with Gasteiger partial charge in [-0.05, 0) is 39.7 Å². The number of carbonyl (C=O) groups is 1. The fraction of sp³-hybridized carbons (Fsp3) is 0. The lowest BCUT2D eigenvalue weighted by atomic mass is 10.1. The fourth-order valence-electron chi connectivity index (χ4n) is 2.09. The van der Waals surface area contributed by atoms with Gasteiger partial charge in [0.1, 0.15) is 0 Å². The summed E-state index contributed by atoms with van der Waals surface area (Å²) in [5.41, 5.74) is 1.91. The van der Waals surface area contributed by atoms with Crippen molar-refractivity contribution < 1.29 is 14.5 Å². The average Bonchev–Trinajstić information content (AvgIpc) is 2.84. The van der Waals surface area contributed by atoms with Crippen LogP contribution in [0.1, 0.15) is 21.5 Å². The number of nitrogens with zero attached hydrogens (tertiary/aromatic N) is 1. The number of benzene rings is 2. The molecule has 0 N–H and O–H groups in total. The molecule has 2 aromatic rings. The Hall–Kier alpha value is -2.47. The summed E-state index contributed by atoms with van der Waals surface area (Å²) in [6.07, 6.45) is 0. The van der Waals surface area contributed by atoms with Crippen molar-refractivity contribution in [3.63, 3.8) is 0 Å². The predicted molar refractivity (Wildman–Crippen MR) is 80.7 cm³/mol. The van der Waals surface area contributed by atoms with Crippen molar-refractivity contribution in [3.8, 4) is 0 Å². The number of rotatable bonds is 2. The van der Waals surface area contributed by atoms with E-state index in [0.717, 1.165) is 0 Å². The standard InChI is InChI=1S/C15H8BrNO4/c16-13(9-5-7-10(8-6-9)17(19)20)14-11-3-1-2-4-12(11)15(18)21-14/h1-8H/b14-13-. The van der Waals surface area contributed by atoms with Crippen molar-refractivity contribution in [3.05, 3.63) is 75.3 Å². The van der Waals surface area contributed by atoms with Crippen molar-refractivity contribution in [2.24, 2.45) is 0 Å². The molecule has 0 spiro atoms. The Morgan fingerprint density at radius 2 is 1.67 bits per heavy atom. The Bertz CT molecular complexity index is 781. The zero-order valence-electron chi connectivity index (χ0n) is 10.6. The summed E-state index contributed by atoms with van der Waals surface area (Å²) < 4.78 is 5.86. The molecule has 0 bridgehead atoms. The van der Waals surface area contributed by atoms with Gasteiger partial charge < -0.3 is 4.74 Å². The van der Waals surface area contributed by atoms with Gasteiger partial charge in [-0.25, -0.2) is 4.79 Å². The minimum absolute atomic E-state index is 0.00728. The van der Waals surface area contributed by atoms with Crippen molar-refractivity contribution in [1.29, 1.82) is 0 Å². The van der Waals surface area contributed by atoms with Crippen LogP contribution in [0.3, 0.4) is 0 Å². The molecule has 2 aromatic carbocycles. The molecule has 1 aliphatic heterocycles. The van der Waals surface area contributed by atoms with Crippen LogP contribution >= 0.6 is 15.9 Å². The first-order valence-corrected chi connectivity index (χ1v) is 6.83. The first-order chi connectivity index (χ1) is 10.1.